The summed E-state index contributed by atoms with van der Waals surface area (Å²) in [6, 6.07) is 17.8. The predicted octanol–water partition coefficient (Wildman–Crippen LogP) is 5.15. The lowest BCUT2D eigenvalue weighted by Crippen LogP contribution is -2.30. The van der Waals surface area contributed by atoms with Gasteiger partial charge in [0.15, 0.2) is 0 Å². The van der Waals surface area contributed by atoms with Gasteiger partial charge in [0.05, 0.1) is 23.5 Å². The number of hydrazone groups is 1. The second kappa shape index (κ2) is 8.37. The van der Waals surface area contributed by atoms with Gasteiger partial charge in [0.2, 0.25) is 5.13 Å². The molecule has 5 rings (SSSR count). The van der Waals surface area contributed by atoms with Gasteiger partial charge in [-0.15, -0.1) is 11.3 Å². The maximum atomic E-state index is 13.5. The summed E-state index contributed by atoms with van der Waals surface area (Å²) in [5.74, 6) is 0.0613. The number of ether oxygens (including phenoxy) is 1. The van der Waals surface area contributed by atoms with Crippen molar-refractivity contribution < 1.29 is 13.9 Å². The van der Waals surface area contributed by atoms with Crippen molar-refractivity contribution in [3.63, 3.8) is 0 Å². The van der Waals surface area contributed by atoms with E-state index in [1.807, 2.05) is 35.7 Å². The molecule has 0 radical (unpaired) electrons. The number of amides is 1. The van der Waals surface area contributed by atoms with Crippen molar-refractivity contribution in [3.8, 4) is 5.75 Å². The molecule has 0 aliphatic rings. The SMILES string of the molecule is COc1ccc2nc(N(/N=C/c3cccs3)C(=O)c3cc4ccccc4oc3=O)sc2c1. The van der Waals surface area contributed by atoms with Gasteiger partial charge in [-0.3, -0.25) is 4.79 Å². The summed E-state index contributed by atoms with van der Waals surface area (Å²) in [4.78, 5) is 31.5. The van der Waals surface area contributed by atoms with Crippen molar-refractivity contribution in [1.29, 1.82) is 0 Å². The van der Waals surface area contributed by atoms with Crippen LogP contribution in [0.4, 0.5) is 5.13 Å². The molecule has 0 N–H and O–H groups in total. The van der Waals surface area contributed by atoms with Crippen LogP contribution in [0.5, 0.6) is 5.75 Å². The molecule has 0 fully saturated rings. The number of methoxy groups -OCH3 is 1. The topological polar surface area (TPSA) is 85.0 Å². The first-order chi connectivity index (χ1) is 15.6. The zero-order valence-electron chi connectivity index (χ0n) is 16.7. The molecule has 2 aromatic carbocycles. The third kappa shape index (κ3) is 3.79. The van der Waals surface area contributed by atoms with E-state index in [9.17, 15) is 9.59 Å². The number of carbonyl (C=O) groups is 1. The Hall–Kier alpha value is -3.82. The van der Waals surface area contributed by atoms with Crippen molar-refractivity contribution in [2.24, 2.45) is 5.10 Å². The van der Waals surface area contributed by atoms with Crippen LogP contribution in [0.3, 0.4) is 0 Å². The molecule has 3 heterocycles. The molecule has 32 heavy (non-hydrogen) atoms. The molecule has 0 unspecified atom stereocenters. The van der Waals surface area contributed by atoms with Crippen LogP contribution in [-0.2, 0) is 0 Å². The summed E-state index contributed by atoms with van der Waals surface area (Å²) in [7, 11) is 1.59. The van der Waals surface area contributed by atoms with Crippen molar-refractivity contribution >= 4 is 61.1 Å². The molecule has 7 nitrogen and oxygen atoms in total. The van der Waals surface area contributed by atoms with E-state index in [0.29, 0.717) is 27.4 Å². The molecule has 0 aliphatic heterocycles. The van der Waals surface area contributed by atoms with Gasteiger partial charge in [-0.1, -0.05) is 35.6 Å². The van der Waals surface area contributed by atoms with Crippen LogP contribution in [0.25, 0.3) is 21.2 Å². The van der Waals surface area contributed by atoms with Crippen LogP contribution in [0.2, 0.25) is 0 Å². The van der Waals surface area contributed by atoms with Crippen LogP contribution in [-0.4, -0.2) is 24.2 Å². The summed E-state index contributed by atoms with van der Waals surface area (Å²) in [5, 5.41) is 8.40. The highest BCUT2D eigenvalue weighted by Crippen LogP contribution is 2.32. The number of thiazole rings is 1. The van der Waals surface area contributed by atoms with E-state index in [1.54, 1.807) is 37.6 Å². The molecule has 0 spiro atoms. The van der Waals surface area contributed by atoms with Crippen LogP contribution < -0.4 is 15.4 Å². The normalized spacial score (nSPS) is 11.4. The zero-order valence-corrected chi connectivity index (χ0v) is 18.4. The molecular formula is C23H15N3O4S2. The van der Waals surface area contributed by atoms with E-state index >= 15 is 0 Å². The van der Waals surface area contributed by atoms with Gasteiger partial charge >= 0.3 is 5.63 Å². The number of hydrogen-bond acceptors (Lipinski definition) is 8. The average molecular weight is 462 g/mol. The first-order valence-electron chi connectivity index (χ1n) is 9.52. The Balaban J connectivity index is 1.62. The van der Waals surface area contributed by atoms with Crippen molar-refractivity contribution in [2.75, 3.05) is 12.1 Å². The van der Waals surface area contributed by atoms with Crippen molar-refractivity contribution in [1.82, 2.24) is 4.98 Å². The quantitative estimate of drug-likeness (QED) is 0.205. The van der Waals surface area contributed by atoms with Crippen molar-refractivity contribution in [3.05, 3.63) is 86.9 Å². The Morgan fingerprint density at radius 1 is 1.16 bits per heavy atom. The number of rotatable bonds is 5. The summed E-state index contributed by atoms with van der Waals surface area (Å²) in [5.41, 5.74) is 0.256. The molecule has 158 valence electrons. The zero-order chi connectivity index (χ0) is 22.1. The first-order valence-corrected chi connectivity index (χ1v) is 11.2. The molecule has 1 amide bonds. The molecule has 0 atom stereocenters. The fourth-order valence-corrected chi connectivity index (χ4v) is 4.63. The third-order valence-electron chi connectivity index (χ3n) is 4.67. The minimum absolute atomic E-state index is 0.121. The number of hydrogen-bond donors (Lipinski definition) is 0. The van der Waals surface area contributed by atoms with Crippen LogP contribution >= 0.6 is 22.7 Å². The fourth-order valence-electron chi connectivity index (χ4n) is 3.10. The Labute approximate surface area is 189 Å². The standard InChI is InChI=1S/C23H15N3O4S2/c1-29-15-8-9-18-20(12-15)32-23(25-18)26(24-13-16-6-4-10-31-16)21(27)17-11-14-5-2-3-7-19(14)30-22(17)28/h2-13H,1H3/b24-13+. The molecule has 3 aromatic heterocycles. The first kappa shape index (κ1) is 20.1. The van der Waals surface area contributed by atoms with E-state index < -0.39 is 11.5 Å². The maximum Gasteiger partial charge on any atom is 0.349 e. The molecule has 0 aliphatic carbocycles. The Bertz CT molecular complexity index is 1520. The maximum absolute atomic E-state index is 13.5. The van der Waals surface area contributed by atoms with Gasteiger partial charge in [0.25, 0.3) is 5.91 Å². The van der Waals surface area contributed by atoms with E-state index in [1.165, 1.54) is 28.7 Å². The predicted molar refractivity (Wildman–Crippen MR) is 127 cm³/mol. The van der Waals surface area contributed by atoms with E-state index in [4.69, 9.17) is 9.15 Å². The lowest BCUT2D eigenvalue weighted by Gasteiger charge is -2.13. The minimum atomic E-state index is -0.729. The molecule has 0 saturated carbocycles. The second-order valence-corrected chi connectivity index (χ2v) is 8.68. The fraction of sp³-hybridized carbons (Fsp3) is 0.0435. The van der Waals surface area contributed by atoms with Gasteiger partial charge in [0, 0.05) is 10.3 Å². The Morgan fingerprint density at radius 2 is 2.03 bits per heavy atom. The van der Waals surface area contributed by atoms with E-state index in [0.717, 1.165) is 14.6 Å². The lowest BCUT2D eigenvalue weighted by atomic mass is 10.2. The lowest BCUT2D eigenvalue weighted by molar-refractivity contribution is 0.0984. The average Bonchev–Trinajstić information content (AvgIpc) is 3.48. The monoisotopic (exact) mass is 461 g/mol. The number of thiophene rings is 1. The highest BCUT2D eigenvalue weighted by Gasteiger charge is 2.25. The van der Waals surface area contributed by atoms with Gasteiger partial charge in [0.1, 0.15) is 16.9 Å². The van der Waals surface area contributed by atoms with Gasteiger partial charge in [-0.05, 0) is 41.8 Å². The largest absolute Gasteiger partial charge is 0.497 e. The molecule has 9 heteroatoms. The Kier molecular flexibility index (Phi) is 5.26. The molecular weight excluding hydrogens is 446 g/mol. The third-order valence-corrected chi connectivity index (χ3v) is 6.47. The number of benzene rings is 2. The summed E-state index contributed by atoms with van der Waals surface area (Å²) in [6.07, 6.45) is 1.57. The van der Waals surface area contributed by atoms with Gasteiger partial charge < -0.3 is 9.15 Å². The van der Waals surface area contributed by atoms with Crippen molar-refractivity contribution in [2.45, 2.75) is 0 Å². The molecule has 5 aromatic rings. The van der Waals surface area contributed by atoms with E-state index in [2.05, 4.69) is 10.1 Å². The molecule has 0 bridgehead atoms. The second-order valence-electron chi connectivity index (χ2n) is 6.69. The van der Waals surface area contributed by atoms with Crippen LogP contribution in [0, 0.1) is 0 Å². The van der Waals surface area contributed by atoms with Crippen LogP contribution in [0.1, 0.15) is 15.2 Å². The van der Waals surface area contributed by atoms with E-state index in [-0.39, 0.29) is 5.56 Å². The highest BCUT2D eigenvalue weighted by atomic mass is 32.1. The van der Waals surface area contributed by atoms with Gasteiger partial charge in [-0.25, -0.2) is 9.78 Å². The summed E-state index contributed by atoms with van der Waals surface area (Å²) < 4.78 is 11.5. The number of nitrogens with zero attached hydrogens (tertiary/aromatic N) is 3. The number of aromatic nitrogens is 1. The Morgan fingerprint density at radius 3 is 2.84 bits per heavy atom. The van der Waals surface area contributed by atoms with Gasteiger partial charge in [-0.2, -0.15) is 10.1 Å². The summed E-state index contributed by atoms with van der Waals surface area (Å²) in [6.45, 7) is 0. The number of anilines is 1. The molecule has 0 saturated heterocycles. The highest BCUT2D eigenvalue weighted by molar-refractivity contribution is 7.22. The summed E-state index contributed by atoms with van der Waals surface area (Å²) >= 11 is 2.76. The minimum Gasteiger partial charge on any atom is -0.497 e. The number of para-hydroxylation sites is 1. The smallest absolute Gasteiger partial charge is 0.349 e. The van der Waals surface area contributed by atoms with Crippen LogP contribution in [0.15, 0.2) is 80.4 Å². The number of fused-ring (bicyclic) bond motifs is 2. The number of carbonyl (C=O) groups excluding carboxylic acids is 1.